The van der Waals surface area contributed by atoms with Gasteiger partial charge in [0.2, 0.25) is 0 Å². The lowest BCUT2D eigenvalue weighted by Crippen LogP contribution is -2.30. The number of phosphoric ester groups is 2. The molecule has 0 saturated carbocycles. The molecule has 19 heteroatoms. The minimum Gasteiger partial charge on any atom is -0.462 e. The van der Waals surface area contributed by atoms with E-state index in [1.54, 1.807) is 0 Å². The number of phosphoric acid groups is 2. The van der Waals surface area contributed by atoms with Gasteiger partial charge in [-0.2, -0.15) is 0 Å². The van der Waals surface area contributed by atoms with Gasteiger partial charge in [-0.25, -0.2) is 9.13 Å². The molecular weight excluding hydrogens is 1320 g/mol. The van der Waals surface area contributed by atoms with Crippen molar-refractivity contribution in [1.82, 2.24) is 0 Å². The van der Waals surface area contributed by atoms with Gasteiger partial charge in [-0.05, 0) is 49.4 Å². The van der Waals surface area contributed by atoms with Gasteiger partial charge in [-0.3, -0.25) is 37.3 Å². The van der Waals surface area contributed by atoms with Crippen molar-refractivity contribution in [2.24, 2.45) is 23.7 Å². The first-order valence-corrected chi connectivity index (χ1v) is 45.2. The van der Waals surface area contributed by atoms with Crippen LogP contribution in [0.25, 0.3) is 0 Å². The Bertz CT molecular complexity index is 1970. The van der Waals surface area contributed by atoms with Crippen LogP contribution < -0.4 is 0 Å². The van der Waals surface area contributed by atoms with Gasteiger partial charge in [0, 0.05) is 25.7 Å². The van der Waals surface area contributed by atoms with Gasteiger partial charge in [-0.15, -0.1) is 0 Å². The van der Waals surface area contributed by atoms with Crippen molar-refractivity contribution in [2.45, 2.75) is 440 Å². The quantitative estimate of drug-likeness (QED) is 0.0222. The van der Waals surface area contributed by atoms with E-state index in [4.69, 9.17) is 37.0 Å². The highest BCUT2D eigenvalue weighted by molar-refractivity contribution is 7.47. The van der Waals surface area contributed by atoms with Gasteiger partial charge in [0.05, 0.1) is 26.4 Å². The minimum atomic E-state index is -4.96. The molecule has 3 N–H and O–H groups in total. The summed E-state index contributed by atoms with van der Waals surface area (Å²) in [5.74, 6) is 0.965. The molecule has 0 amide bonds. The summed E-state index contributed by atoms with van der Waals surface area (Å²) in [6.45, 7) is 14.2. The number of rotatable bonds is 79. The van der Waals surface area contributed by atoms with Crippen LogP contribution in [0.4, 0.5) is 0 Å². The van der Waals surface area contributed by atoms with Gasteiger partial charge in [0.25, 0.3) is 0 Å². The highest BCUT2D eigenvalue weighted by atomic mass is 31.2. The van der Waals surface area contributed by atoms with Crippen LogP contribution in [-0.4, -0.2) is 96.7 Å². The van der Waals surface area contributed by atoms with Crippen LogP contribution in [-0.2, 0) is 65.4 Å². The Labute approximate surface area is 619 Å². The largest absolute Gasteiger partial charge is 0.472 e. The van der Waals surface area contributed by atoms with Crippen LogP contribution in [0.2, 0.25) is 0 Å². The molecule has 0 radical (unpaired) electrons. The van der Waals surface area contributed by atoms with Crippen molar-refractivity contribution in [3.63, 3.8) is 0 Å². The van der Waals surface area contributed by atoms with Crippen LogP contribution in [0.1, 0.15) is 421 Å². The first-order chi connectivity index (χ1) is 48.6. The standard InChI is InChI=1S/C82H160O17P2/c1-72(2)58-50-42-34-27-21-17-13-11-9-10-12-14-19-23-31-39-48-56-64-82(87)99-78(69-93-80(85)63-55-47-41-33-37-45-53-61-75(7)8)71-97-101(90,91)95-67-76(83)66-94-100(88,89)96-70-77(68-92-79(84)62-54-46-38-30-26-25-29-36-44-52-60-74(5)6)98-81(86)65-57-49-40-32-24-20-16-15-18-22-28-35-43-51-59-73(3)4/h72-78,83H,9-71H2,1-8H3,(H,88,89)(H,90,91)/t76?,77-,78-/m1/s1. The van der Waals surface area contributed by atoms with E-state index in [0.717, 1.165) is 114 Å². The second kappa shape index (κ2) is 71.0. The maximum absolute atomic E-state index is 13.1. The number of hydrogen-bond donors (Lipinski definition) is 3. The Hall–Kier alpha value is -1.94. The number of ether oxygens (including phenoxy) is 4. The Morgan fingerprint density at radius 3 is 0.614 bits per heavy atom. The number of esters is 4. The average Bonchev–Trinajstić information content (AvgIpc) is 0.952. The first-order valence-electron chi connectivity index (χ1n) is 42.2. The van der Waals surface area contributed by atoms with Gasteiger partial charge < -0.3 is 33.8 Å². The molecule has 0 fully saturated rings. The number of hydrogen-bond acceptors (Lipinski definition) is 15. The monoisotopic (exact) mass is 1480 g/mol. The van der Waals surface area contributed by atoms with E-state index in [-0.39, 0.29) is 25.7 Å². The molecular formula is C82H160O17P2. The third-order valence-electron chi connectivity index (χ3n) is 19.1. The Kier molecular flexibility index (Phi) is 69.6. The lowest BCUT2D eigenvalue weighted by atomic mass is 10.0. The van der Waals surface area contributed by atoms with E-state index >= 15 is 0 Å². The molecule has 0 rings (SSSR count). The molecule has 5 atom stereocenters. The SMILES string of the molecule is CC(C)CCCCCCCCCCCCCCCCCCCCC(=O)O[C@H](COC(=O)CCCCCCCCCC(C)C)COP(=O)(O)OCC(O)COP(=O)(O)OC[C@@H](COC(=O)CCCCCCCCCCCCC(C)C)OC(=O)CCCCCCCCCCCCCCCCC(C)C. The molecule has 0 bridgehead atoms. The average molecular weight is 1480 g/mol. The third-order valence-corrected chi connectivity index (χ3v) is 21.0. The number of aliphatic hydroxyl groups excluding tert-OH is 1. The summed E-state index contributed by atoms with van der Waals surface area (Å²) in [5, 5.41) is 10.6. The summed E-state index contributed by atoms with van der Waals surface area (Å²) < 4.78 is 68.7. The van der Waals surface area contributed by atoms with Crippen molar-refractivity contribution >= 4 is 39.5 Å². The van der Waals surface area contributed by atoms with E-state index in [0.29, 0.717) is 31.6 Å². The molecule has 3 unspecified atom stereocenters. The molecule has 0 aliphatic carbocycles. The van der Waals surface area contributed by atoms with E-state index < -0.39 is 97.5 Å². The molecule has 0 aromatic heterocycles. The zero-order chi connectivity index (χ0) is 74.6. The lowest BCUT2D eigenvalue weighted by Gasteiger charge is -2.21. The molecule has 0 saturated heterocycles. The summed E-state index contributed by atoms with van der Waals surface area (Å²) in [4.78, 5) is 73.0. The highest BCUT2D eigenvalue weighted by Crippen LogP contribution is 2.45. The van der Waals surface area contributed by atoms with Gasteiger partial charge in [0.1, 0.15) is 19.3 Å². The highest BCUT2D eigenvalue weighted by Gasteiger charge is 2.30. The second-order valence-electron chi connectivity index (χ2n) is 31.4. The zero-order valence-corrected chi connectivity index (χ0v) is 68.3. The molecule has 0 spiro atoms. The number of carbonyl (C=O) groups is 4. The van der Waals surface area contributed by atoms with E-state index in [2.05, 4.69) is 55.4 Å². The maximum Gasteiger partial charge on any atom is 0.472 e. The minimum absolute atomic E-state index is 0.107. The van der Waals surface area contributed by atoms with Gasteiger partial charge in [-0.1, -0.05) is 370 Å². The maximum atomic E-state index is 13.1. The predicted molar refractivity (Wildman–Crippen MR) is 414 cm³/mol. The van der Waals surface area contributed by atoms with Crippen molar-refractivity contribution in [3.05, 3.63) is 0 Å². The Balaban J connectivity index is 5.20. The van der Waals surface area contributed by atoms with Crippen molar-refractivity contribution < 1.29 is 80.2 Å². The zero-order valence-electron chi connectivity index (χ0n) is 66.5. The molecule has 0 heterocycles. The number of carbonyl (C=O) groups excluding carboxylic acids is 4. The summed E-state index contributed by atoms with van der Waals surface area (Å²) in [5.41, 5.74) is 0. The second-order valence-corrected chi connectivity index (χ2v) is 34.3. The van der Waals surface area contributed by atoms with Crippen molar-refractivity contribution in [1.29, 1.82) is 0 Å². The first kappa shape index (κ1) is 99.1. The van der Waals surface area contributed by atoms with E-state index in [1.807, 2.05) is 0 Å². The predicted octanol–water partition coefficient (Wildman–Crippen LogP) is 24.4. The van der Waals surface area contributed by atoms with Crippen LogP contribution >= 0.6 is 15.6 Å². The fourth-order valence-electron chi connectivity index (χ4n) is 12.6. The number of aliphatic hydroxyl groups is 1. The van der Waals surface area contributed by atoms with Crippen molar-refractivity contribution in [3.8, 4) is 0 Å². The normalized spacial score (nSPS) is 14.0. The topological polar surface area (TPSA) is 237 Å². The molecule has 0 aromatic rings. The smallest absolute Gasteiger partial charge is 0.462 e. The molecule has 101 heavy (non-hydrogen) atoms. The summed E-state index contributed by atoms with van der Waals surface area (Å²) in [6, 6.07) is 0. The summed E-state index contributed by atoms with van der Waals surface area (Å²) >= 11 is 0. The van der Waals surface area contributed by atoms with E-state index in [9.17, 15) is 43.2 Å². The molecule has 0 aliphatic rings. The summed E-state index contributed by atoms with van der Waals surface area (Å²) in [6.07, 6.45) is 58.4. The summed E-state index contributed by atoms with van der Waals surface area (Å²) in [7, 11) is -9.92. The van der Waals surface area contributed by atoms with Gasteiger partial charge >= 0.3 is 39.5 Å². The van der Waals surface area contributed by atoms with Crippen LogP contribution in [0.15, 0.2) is 0 Å². The Morgan fingerprint density at radius 2 is 0.416 bits per heavy atom. The number of unbranched alkanes of at least 4 members (excludes halogenated alkanes) is 45. The Morgan fingerprint density at radius 1 is 0.248 bits per heavy atom. The van der Waals surface area contributed by atoms with Crippen molar-refractivity contribution in [2.75, 3.05) is 39.6 Å². The third kappa shape index (κ3) is 76.1. The van der Waals surface area contributed by atoms with Crippen LogP contribution in [0.3, 0.4) is 0 Å². The van der Waals surface area contributed by atoms with Gasteiger partial charge in [0.15, 0.2) is 12.2 Å². The van der Waals surface area contributed by atoms with Crippen LogP contribution in [0.5, 0.6) is 0 Å². The molecule has 600 valence electrons. The van der Waals surface area contributed by atoms with Crippen LogP contribution in [0, 0.1) is 23.7 Å². The fourth-order valence-corrected chi connectivity index (χ4v) is 14.2. The van der Waals surface area contributed by atoms with E-state index in [1.165, 1.54) is 218 Å². The molecule has 0 aromatic carbocycles. The molecule has 0 aliphatic heterocycles. The molecule has 17 nitrogen and oxygen atoms in total. The fraction of sp³-hybridized carbons (Fsp3) is 0.951. The lowest BCUT2D eigenvalue weighted by molar-refractivity contribution is -0.161.